The number of benzene rings is 3. The highest BCUT2D eigenvalue weighted by Gasteiger charge is 2.37. The van der Waals surface area contributed by atoms with Crippen molar-refractivity contribution in [2.24, 2.45) is 0 Å². The third-order valence-electron chi connectivity index (χ3n) is 5.05. The van der Waals surface area contributed by atoms with Crippen LogP contribution in [0.1, 0.15) is 22.6 Å². The molecule has 1 aliphatic heterocycles. The molecule has 2 unspecified atom stereocenters. The van der Waals surface area contributed by atoms with E-state index in [0.29, 0.717) is 24.6 Å². The quantitative estimate of drug-likeness (QED) is 0.651. The zero-order valence-electron chi connectivity index (χ0n) is 15.5. The lowest BCUT2D eigenvalue weighted by molar-refractivity contribution is -0.0352. The lowest BCUT2D eigenvalue weighted by Crippen LogP contribution is -2.43. The van der Waals surface area contributed by atoms with Crippen molar-refractivity contribution in [3.63, 3.8) is 0 Å². The molecule has 0 saturated carbocycles. The topological polar surface area (TPSA) is 46.6 Å². The lowest BCUT2D eigenvalue weighted by Gasteiger charge is -2.38. The van der Waals surface area contributed by atoms with Crippen LogP contribution in [0.5, 0.6) is 0 Å². The smallest absolute Gasteiger partial charge is 0.198 e. The van der Waals surface area contributed by atoms with Crippen LogP contribution >= 0.6 is 0 Å². The Morgan fingerprint density at radius 1 is 0.821 bits per heavy atom. The van der Waals surface area contributed by atoms with Gasteiger partial charge in [-0.3, -0.25) is 4.90 Å². The normalized spacial score (nSPS) is 19.2. The molecule has 1 fully saturated rings. The zero-order valence-corrected chi connectivity index (χ0v) is 16.3. The largest absolute Gasteiger partial charge is 0.371 e. The van der Waals surface area contributed by atoms with E-state index >= 15 is 0 Å². The van der Waals surface area contributed by atoms with Crippen molar-refractivity contribution in [2.75, 3.05) is 19.7 Å². The number of morpholine rings is 1. The number of ether oxygens (including phenoxy) is 1. The Balaban J connectivity index is 1.72. The average molecular weight is 394 g/mol. The summed E-state index contributed by atoms with van der Waals surface area (Å²) in [4.78, 5) is 2.37. The van der Waals surface area contributed by atoms with Crippen LogP contribution in [-0.4, -0.2) is 33.0 Å². The number of rotatable bonds is 5. The second-order valence-electron chi connectivity index (χ2n) is 6.89. The third kappa shape index (κ3) is 3.87. The minimum absolute atomic E-state index is 0.146. The van der Waals surface area contributed by atoms with E-state index in [1.807, 2.05) is 71.6 Å². The van der Waals surface area contributed by atoms with Crippen molar-refractivity contribution in [1.29, 1.82) is 0 Å². The predicted molar refractivity (Wildman–Crippen MR) is 110 cm³/mol. The summed E-state index contributed by atoms with van der Waals surface area (Å²) in [6.07, 6.45) is -0.146. The van der Waals surface area contributed by atoms with Crippen molar-refractivity contribution >= 4 is 9.84 Å². The molecule has 0 amide bonds. The van der Waals surface area contributed by atoms with Gasteiger partial charge in [0.05, 0.1) is 17.6 Å². The van der Waals surface area contributed by atoms with Gasteiger partial charge in [0, 0.05) is 13.1 Å². The molecule has 2 atom stereocenters. The van der Waals surface area contributed by atoms with Gasteiger partial charge in [0.2, 0.25) is 0 Å². The first-order chi connectivity index (χ1) is 13.7. The van der Waals surface area contributed by atoms with Gasteiger partial charge in [-0.25, -0.2) is 8.42 Å². The molecule has 144 valence electrons. The van der Waals surface area contributed by atoms with Crippen molar-refractivity contribution in [2.45, 2.75) is 16.4 Å². The van der Waals surface area contributed by atoms with Crippen LogP contribution in [0, 0.1) is 0 Å². The fourth-order valence-electron chi connectivity index (χ4n) is 3.69. The van der Waals surface area contributed by atoms with E-state index in [2.05, 4.69) is 0 Å². The standard InChI is InChI=1S/C23H23NO3S/c25-28(26,21-14-8-3-9-15-21)23(20-12-6-2-7-13-20)24-16-17-27-22(18-24)19-10-4-1-5-11-19/h1-15,22-23H,16-18H2. The van der Waals surface area contributed by atoms with Gasteiger partial charge in [-0.05, 0) is 23.3 Å². The Hall–Kier alpha value is -2.47. The summed E-state index contributed by atoms with van der Waals surface area (Å²) in [5.74, 6) is 0. The van der Waals surface area contributed by atoms with Crippen molar-refractivity contribution < 1.29 is 13.2 Å². The van der Waals surface area contributed by atoms with Crippen LogP contribution in [0.3, 0.4) is 0 Å². The van der Waals surface area contributed by atoms with Gasteiger partial charge in [0.1, 0.15) is 5.37 Å². The van der Waals surface area contributed by atoms with Crippen LogP contribution < -0.4 is 0 Å². The van der Waals surface area contributed by atoms with Crippen LogP contribution in [0.2, 0.25) is 0 Å². The fraction of sp³-hybridized carbons (Fsp3) is 0.217. The summed E-state index contributed by atoms with van der Waals surface area (Å²) in [7, 11) is -3.59. The Morgan fingerprint density at radius 2 is 1.39 bits per heavy atom. The zero-order chi connectivity index (χ0) is 19.4. The Labute approximate surface area is 166 Å². The second-order valence-corrected chi connectivity index (χ2v) is 8.89. The van der Waals surface area contributed by atoms with Gasteiger partial charge in [-0.15, -0.1) is 0 Å². The van der Waals surface area contributed by atoms with Crippen molar-refractivity contribution in [3.8, 4) is 0 Å². The summed E-state index contributed by atoms with van der Waals surface area (Å²) in [6.45, 7) is 1.58. The minimum atomic E-state index is -3.59. The molecule has 28 heavy (non-hydrogen) atoms. The van der Waals surface area contributed by atoms with Crippen LogP contribution in [0.25, 0.3) is 0 Å². The van der Waals surface area contributed by atoms with Crippen LogP contribution in [0.4, 0.5) is 0 Å². The molecular weight excluding hydrogens is 370 g/mol. The summed E-state index contributed by atoms with van der Waals surface area (Å²) in [6, 6.07) is 28.1. The molecule has 1 heterocycles. The Kier molecular flexibility index (Phi) is 5.57. The molecule has 0 spiro atoms. The van der Waals surface area contributed by atoms with E-state index in [-0.39, 0.29) is 6.10 Å². The molecule has 1 aliphatic rings. The van der Waals surface area contributed by atoms with Gasteiger partial charge in [0.25, 0.3) is 0 Å². The number of sulfone groups is 1. The first kappa shape index (κ1) is 18.9. The lowest BCUT2D eigenvalue weighted by atomic mass is 10.1. The van der Waals surface area contributed by atoms with Crippen LogP contribution in [0.15, 0.2) is 95.9 Å². The van der Waals surface area contributed by atoms with E-state index in [9.17, 15) is 8.42 Å². The summed E-state index contributed by atoms with van der Waals surface area (Å²) in [5.41, 5.74) is 1.84. The Morgan fingerprint density at radius 3 is 2.04 bits per heavy atom. The van der Waals surface area contributed by atoms with Gasteiger partial charge < -0.3 is 4.74 Å². The highest BCUT2D eigenvalue weighted by molar-refractivity contribution is 7.91. The maximum absolute atomic E-state index is 13.6. The highest BCUT2D eigenvalue weighted by atomic mass is 32.2. The summed E-state index contributed by atoms with van der Waals surface area (Å²) in [5, 5.41) is -0.744. The molecule has 4 nitrogen and oxygen atoms in total. The SMILES string of the molecule is O=S(=O)(c1ccccc1)C(c1ccccc1)N1CCOC(c2ccccc2)C1. The maximum Gasteiger partial charge on any atom is 0.198 e. The molecule has 3 aromatic carbocycles. The molecule has 0 aliphatic carbocycles. The summed E-state index contributed by atoms with van der Waals surface area (Å²) >= 11 is 0. The first-order valence-electron chi connectivity index (χ1n) is 9.41. The molecular formula is C23H23NO3S. The van der Waals surface area contributed by atoms with E-state index < -0.39 is 15.2 Å². The highest BCUT2D eigenvalue weighted by Crippen LogP contribution is 2.35. The second kappa shape index (κ2) is 8.27. The monoisotopic (exact) mass is 393 g/mol. The summed E-state index contributed by atoms with van der Waals surface area (Å²) < 4.78 is 33.1. The molecule has 5 heteroatoms. The van der Waals surface area contributed by atoms with E-state index in [4.69, 9.17) is 4.74 Å². The van der Waals surface area contributed by atoms with E-state index in [1.165, 1.54) is 0 Å². The van der Waals surface area contributed by atoms with Gasteiger partial charge in [-0.2, -0.15) is 0 Å². The molecule has 0 N–H and O–H groups in total. The van der Waals surface area contributed by atoms with Gasteiger partial charge in [-0.1, -0.05) is 78.9 Å². The van der Waals surface area contributed by atoms with Gasteiger partial charge in [0.15, 0.2) is 9.84 Å². The molecule has 0 aromatic heterocycles. The van der Waals surface area contributed by atoms with Gasteiger partial charge >= 0.3 is 0 Å². The molecule has 3 aromatic rings. The van der Waals surface area contributed by atoms with Crippen molar-refractivity contribution in [1.82, 2.24) is 4.90 Å². The number of hydrogen-bond donors (Lipinski definition) is 0. The molecule has 0 bridgehead atoms. The van der Waals surface area contributed by atoms with Crippen molar-refractivity contribution in [3.05, 3.63) is 102 Å². The fourth-order valence-corrected chi connectivity index (χ4v) is 5.59. The minimum Gasteiger partial charge on any atom is -0.371 e. The molecule has 1 saturated heterocycles. The van der Waals surface area contributed by atoms with E-state index in [0.717, 1.165) is 11.1 Å². The maximum atomic E-state index is 13.6. The average Bonchev–Trinajstić information content (AvgIpc) is 2.76. The van der Waals surface area contributed by atoms with E-state index in [1.54, 1.807) is 24.3 Å². The first-order valence-corrected chi connectivity index (χ1v) is 11.0. The number of nitrogens with zero attached hydrogens (tertiary/aromatic N) is 1. The predicted octanol–water partition coefficient (Wildman–Crippen LogP) is 4.23. The van der Waals surface area contributed by atoms with Crippen LogP contribution in [-0.2, 0) is 14.6 Å². The third-order valence-corrected chi connectivity index (χ3v) is 7.14. The molecule has 4 rings (SSSR count). The number of hydrogen-bond acceptors (Lipinski definition) is 4. The Bertz CT molecular complexity index is 992. The molecule has 0 radical (unpaired) electrons.